The molecule has 0 aromatic carbocycles. The van der Waals surface area contributed by atoms with Gasteiger partial charge in [0.1, 0.15) is 16.4 Å². The fourth-order valence-electron chi connectivity index (χ4n) is 3.35. The second-order valence-electron chi connectivity index (χ2n) is 7.05. The fourth-order valence-corrected chi connectivity index (χ4v) is 5.36. The van der Waals surface area contributed by atoms with Crippen molar-refractivity contribution in [2.75, 3.05) is 18.5 Å². The van der Waals surface area contributed by atoms with Gasteiger partial charge in [0.15, 0.2) is 5.13 Å². The average Bonchev–Trinajstić information content (AvgIpc) is 3.29. The van der Waals surface area contributed by atoms with E-state index < -0.39 is 24.4 Å². The maximum Gasteiger partial charge on any atom is 0.341 e. The standard InChI is InChI=1S/C19H22N4O6S3/c1-2-29-16(27)13(14-15(26)23(8-12(24)25)19(30)32-14)11-9-31-18(21-11)22-17(28)20-10-6-4-3-5-7-10/h9-10H,2-8H2,1H3,(H,24,25)(H2,20,21,22,28). The van der Waals surface area contributed by atoms with Crippen LogP contribution in [0.25, 0.3) is 5.57 Å². The van der Waals surface area contributed by atoms with Gasteiger partial charge < -0.3 is 15.2 Å². The minimum absolute atomic E-state index is 0.0228. The summed E-state index contributed by atoms with van der Waals surface area (Å²) in [6, 6.07) is -0.266. The Morgan fingerprint density at radius 1 is 1.31 bits per heavy atom. The molecule has 3 rings (SSSR count). The van der Waals surface area contributed by atoms with Crippen molar-refractivity contribution in [1.29, 1.82) is 0 Å². The van der Waals surface area contributed by atoms with Gasteiger partial charge in [-0.25, -0.2) is 14.6 Å². The minimum atomic E-state index is -1.23. The molecule has 10 nitrogen and oxygen atoms in total. The number of nitrogens with zero attached hydrogens (tertiary/aromatic N) is 2. The molecule has 2 fully saturated rings. The van der Waals surface area contributed by atoms with Crippen LogP contribution in [0, 0.1) is 0 Å². The number of thioether (sulfide) groups is 1. The molecular weight excluding hydrogens is 476 g/mol. The summed E-state index contributed by atoms with van der Waals surface area (Å²) in [5, 5.41) is 16.4. The molecule has 1 aliphatic heterocycles. The topological polar surface area (TPSA) is 138 Å². The highest BCUT2D eigenvalue weighted by atomic mass is 32.2. The third-order valence-electron chi connectivity index (χ3n) is 4.77. The van der Waals surface area contributed by atoms with Gasteiger partial charge in [-0.15, -0.1) is 11.3 Å². The van der Waals surface area contributed by atoms with Crippen LogP contribution in [0.2, 0.25) is 0 Å². The number of thiazole rings is 1. The number of urea groups is 1. The first-order valence-corrected chi connectivity index (χ1v) is 12.1. The van der Waals surface area contributed by atoms with Crippen LogP contribution < -0.4 is 10.6 Å². The molecule has 32 heavy (non-hydrogen) atoms. The number of rotatable bonds is 7. The van der Waals surface area contributed by atoms with Crippen molar-refractivity contribution in [2.45, 2.75) is 45.1 Å². The normalized spacial score (nSPS) is 18.5. The summed E-state index contributed by atoms with van der Waals surface area (Å²) >= 11 is 7.01. The van der Waals surface area contributed by atoms with E-state index >= 15 is 0 Å². The van der Waals surface area contributed by atoms with Crippen molar-refractivity contribution in [1.82, 2.24) is 15.2 Å². The van der Waals surface area contributed by atoms with Crippen LogP contribution in [-0.2, 0) is 19.1 Å². The molecule has 13 heteroatoms. The van der Waals surface area contributed by atoms with Crippen LogP contribution in [-0.4, -0.2) is 62.4 Å². The van der Waals surface area contributed by atoms with Gasteiger partial charge in [-0.2, -0.15) is 0 Å². The van der Waals surface area contributed by atoms with E-state index in [1.807, 2.05) is 0 Å². The number of hydrogen-bond donors (Lipinski definition) is 3. The van der Waals surface area contributed by atoms with Crippen molar-refractivity contribution >= 4 is 74.2 Å². The zero-order chi connectivity index (χ0) is 23.3. The number of anilines is 1. The van der Waals surface area contributed by atoms with Crippen LogP contribution in [0.15, 0.2) is 10.3 Å². The highest BCUT2D eigenvalue weighted by Gasteiger charge is 2.38. The van der Waals surface area contributed by atoms with Crippen LogP contribution in [0.5, 0.6) is 0 Å². The molecule has 3 N–H and O–H groups in total. The highest BCUT2D eigenvalue weighted by Crippen LogP contribution is 2.38. The quantitative estimate of drug-likeness (QED) is 0.294. The maximum absolute atomic E-state index is 12.8. The first-order valence-electron chi connectivity index (χ1n) is 10.0. The number of aromatic nitrogens is 1. The molecule has 1 saturated carbocycles. The lowest BCUT2D eigenvalue weighted by Gasteiger charge is -2.22. The van der Waals surface area contributed by atoms with Crippen LogP contribution in [0.4, 0.5) is 9.93 Å². The Hall–Kier alpha value is -2.51. The van der Waals surface area contributed by atoms with Gasteiger partial charge in [-0.1, -0.05) is 43.2 Å². The smallest absolute Gasteiger partial charge is 0.341 e. The third-order valence-corrected chi connectivity index (χ3v) is 6.98. The van der Waals surface area contributed by atoms with Crippen molar-refractivity contribution in [2.24, 2.45) is 0 Å². The van der Waals surface area contributed by atoms with Crippen molar-refractivity contribution in [3.8, 4) is 0 Å². The monoisotopic (exact) mass is 498 g/mol. The van der Waals surface area contributed by atoms with Crippen molar-refractivity contribution in [3.05, 3.63) is 16.0 Å². The number of carbonyl (C=O) groups excluding carboxylic acids is 3. The molecule has 2 aliphatic rings. The van der Waals surface area contributed by atoms with Crippen molar-refractivity contribution in [3.63, 3.8) is 0 Å². The summed E-state index contributed by atoms with van der Waals surface area (Å²) < 4.78 is 5.11. The number of carboxylic acids is 1. The van der Waals surface area contributed by atoms with Gasteiger partial charge in [0.25, 0.3) is 5.91 Å². The average molecular weight is 499 g/mol. The first kappa shape index (κ1) is 24.1. The molecule has 0 radical (unpaired) electrons. The highest BCUT2D eigenvalue weighted by molar-refractivity contribution is 8.26. The van der Waals surface area contributed by atoms with E-state index in [9.17, 15) is 19.2 Å². The zero-order valence-electron chi connectivity index (χ0n) is 17.2. The second-order valence-corrected chi connectivity index (χ2v) is 9.55. The number of nitrogens with one attached hydrogen (secondary N) is 2. The SMILES string of the molecule is CCOC(=O)C(=C1SC(=S)N(CC(=O)O)C1=O)c1csc(NC(=O)NC2CCCCC2)n1. The molecule has 1 aromatic rings. The van der Waals surface area contributed by atoms with E-state index in [2.05, 4.69) is 15.6 Å². The van der Waals surface area contributed by atoms with E-state index in [0.29, 0.717) is 0 Å². The molecular formula is C19H22N4O6S3. The van der Waals surface area contributed by atoms with Gasteiger partial charge >= 0.3 is 18.0 Å². The number of carbonyl (C=O) groups is 4. The summed E-state index contributed by atoms with van der Waals surface area (Å²) in [6.07, 6.45) is 5.19. The van der Waals surface area contributed by atoms with Gasteiger partial charge in [0, 0.05) is 11.4 Å². The maximum atomic E-state index is 12.8. The molecule has 0 atom stereocenters. The van der Waals surface area contributed by atoms with Crippen LogP contribution in [0.1, 0.15) is 44.7 Å². The Labute approximate surface area is 197 Å². The van der Waals surface area contributed by atoms with Crippen LogP contribution >= 0.6 is 35.3 Å². The molecule has 1 saturated heterocycles. The number of carboxylic acid groups (broad SMARTS) is 1. The zero-order valence-corrected chi connectivity index (χ0v) is 19.7. The van der Waals surface area contributed by atoms with Crippen LogP contribution in [0.3, 0.4) is 0 Å². The molecule has 172 valence electrons. The number of aliphatic carboxylic acids is 1. The van der Waals surface area contributed by atoms with E-state index in [-0.39, 0.29) is 44.3 Å². The molecule has 0 bridgehead atoms. The van der Waals surface area contributed by atoms with E-state index in [1.54, 1.807) is 6.92 Å². The predicted octanol–water partition coefficient (Wildman–Crippen LogP) is 2.82. The molecule has 3 amide bonds. The Balaban J connectivity index is 1.82. The van der Waals surface area contributed by atoms with Gasteiger partial charge in [-0.05, 0) is 19.8 Å². The van der Waals surface area contributed by atoms with E-state index in [4.69, 9.17) is 22.1 Å². The lowest BCUT2D eigenvalue weighted by Crippen LogP contribution is -2.39. The number of hydrogen-bond acceptors (Lipinski definition) is 9. The molecule has 1 aliphatic carbocycles. The Morgan fingerprint density at radius 2 is 2.03 bits per heavy atom. The van der Waals surface area contributed by atoms with Gasteiger partial charge in [0.2, 0.25) is 0 Å². The number of ether oxygens (including phenoxy) is 1. The molecule has 1 aromatic heterocycles. The number of amides is 3. The Kier molecular flexibility index (Phi) is 8.21. The van der Waals surface area contributed by atoms with E-state index in [0.717, 1.165) is 53.7 Å². The second kappa shape index (κ2) is 10.9. The Morgan fingerprint density at radius 3 is 2.69 bits per heavy atom. The summed E-state index contributed by atoms with van der Waals surface area (Å²) in [6.45, 7) is 1.07. The number of thiocarbonyl (C=S) groups is 1. The summed E-state index contributed by atoms with van der Waals surface area (Å²) in [4.78, 5) is 53.9. The predicted molar refractivity (Wildman–Crippen MR) is 124 cm³/mol. The fraction of sp³-hybridized carbons (Fsp3) is 0.474. The largest absolute Gasteiger partial charge is 0.480 e. The number of esters is 1. The Bertz CT molecular complexity index is 970. The summed E-state index contributed by atoms with van der Waals surface area (Å²) in [7, 11) is 0. The van der Waals surface area contributed by atoms with Crippen molar-refractivity contribution < 1.29 is 29.0 Å². The van der Waals surface area contributed by atoms with E-state index in [1.165, 1.54) is 11.8 Å². The molecule has 0 spiro atoms. The van der Waals surface area contributed by atoms with Gasteiger partial charge in [-0.3, -0.25) is 19.8 Å². The molecule has 2 heterocycles. The molecule has 0 unspecified atom stereocenters. The third kappa shape index (κ3) is 5.84. The lowest BCUT2D eigenvalue weighted by atomic mass is 9.96. The minimum Gasteiger partial charge on any atom is -0.480 e. The lowest BCUT2D eigenvalue weighted by molar-refractivity contribution is -0.140. The van der Waals surface area contributed by atoms with Gasteiger partial charge in [0.05, 0.1) is 17.2 Å². The summed E-state index contributed by atoms with van der Waals surface area (Å²) in [5.74, 6) is -2.72. The summed E-state index contributed by atoms with van der Waals surface area (Å²) in [5.41, 5.74) is 0.0197. The first-order chi connectivity index (χ1) is 15.3.